The van der Waals surface area contributed by atoms with Crippen molar-refractivity contribution in [2.75, 3.05) is 6.61 Å². The second-order valence-corrected chi connectivity index (χ2v) is 5.47. The van der Waals surface area contributed by atoms with Gasteiger partial charge < -0.3 is 10.1 Å². The van der Waals surface area contributed by atoms with E-state index in [1.54, 1.807) is 18.2 Å². The third-order valence-electron chi connectivity index (χ3n) is 3.90. The average molecular weight is 311 g/mol. The summed E-state index contributed by atoms with van der Waals surface area (Å²) in [6.45, 7) is 0.359. The van der Waals surface area contributed by atoms with Crippen LogP contribution in [0, 0.1) is 5.95 Å². The van der Waals surface area contributed by atoms with Gasteiger partial charge in [-0.05, 0) is 30.2 Å². The van der Waals surface area contributed by atoms with Crippen LogP contribution in [-0.4, -0.2) is 27.9 Å². The van der Waals surface area contributed by atoms with Crippen molar-refractivity contribution in [2.24, 2.45) is 0 Å². The van der Waals surface area contributed by atoms with E-state index in [2.05, 4.69) is 10.3 Å². The van der Waals surface area contributed by atoms with Crippen molar-refractivity contribution < 1.29 is 13.9 Å². The largest absolute Gasteiger partial charge is 0.491 e. The number of ether oxygens (including phenoxy) is 1. The fourth-order valence-electron chi connectivity index (χ4n) is 2.78. The molecular formula is C17H14FN3O2. The Labute approximate surface area is 131 Å². The number of imidazole rings is 1. The van der Waals surface area contributed by atoms with Crippen LogP contribution in [0.1, 0.15) is 16.1 Å². The number of para-hydroxylation sites is 1. The first-order valence-electron chi connectivity index (χ1n) is 7.36. The Morgan fingerprint density at radius 1 is 1.26 bits per heavy atom. The van der Waals surface area contributed by atoms with Crippen LogP contribution >= 0.6 is 0 Å². The number of hydrogen-bond donors (Lipinski definition) is 1. The third-order valence-corrected chi connectivity index (χ3v) is 3.90. The molecule has 1 amide bonds. The summed E-state index contributed by atoms with van der Waals surface area (Å²) >= 11 is 0. The highest BCUT2D eigenvalue weighted by atomic mass is 19.1. The van der Waals surface area contributed by atoms with Crippen LogP contribution in [0.25, 0.3) is 5.65 Å². The predicted octanol–water partition coefficient (Wildman–Crippen LogP) is 2.21. The summed E-state index contributed by atoms with van der Waals surface area (Å²) in [5.41, 5.74) is 1.23. The summed E-state index contributed by atoms with van der Waals surface area (Å²) in [7, 11) is 0. The van der Waals surface area contributed by atoms with Crippen LogP contribution in [0.15, 0.2) is 48.7 Å². The Bertz CT molecular complexity index is 890. The van der Waals surface area contributed by atoms with Gasteiger partial charge in [-0.1, -0.05) is 24.3 Å². The Morgan fingerprint density at radius 3 is 2.96 bits per heavy atom. The van der Waals surface area contributed by atoms with E-state index in [1.165, 1.54) is 10.6 Å². The summed E-state index contributed by atoms with van der Waals surface area (Å²) in [6.07, 6.45) is 2.19. The summed E-state index contributed by atoms with van der Waals surface area (Å²) in [6, 6.07) is 12.6. The van der Waals surface area contributed by atoms with E-state index >= 15 is 0 Å². The number of carbonyl (C=O) groups excluding carboxylic acids is 1. The maximum atomic E-state index is 14.3. The van der Waals surface area contributed by atoms with Gasteiger partial charge in [0, 0.05) is 6.20 Å². The summed E-state index contributed by atoms with van der Waals surface area (Å²) in [5.74, 6) is -0.355. The Morgan fingerprint density at radius 2 is 2.09 bits per heavy atom. The highest BCUT2D eigenvalue weighted by molar-refractivity contribution is 5.93. The molecule has 0 saturated heterocycles. The lowest BCUT2D eigenvalue weighted by Gasteiger charge is -2.25. The molecule has 1 N–H and O–H groups in total. The van der Waals surface area contributed by atoms with Gasteiger partial charge in [-0.3, -0.25) is 9.20 Å². The third kappa shape index (κ3) is 2.42. The first-order valence-corrected chi connectivity index (χ1v) is 7.36. The van der Waals surface area contributed by atoms with Gasteiger partial charge in [0.1, 0.15) is 18.0 Å². The maximum absolute atomic E-state index is 14.3. The molecule has 0 radical (unpaired) electrons. The van der Waals surface area contributed by atoms with Crippen LogP contribution in [0.4, 0.5) is 4.39 Å². The van der Waals surface area contributed by atoms with E-state index in [9.17, 15) is 9.18 Å². The molecule has 116 valence electrons. The van der Waals surface area contributed by atoms with Crippen LogP contribution in [0.2, 0.25) is 0 Å². The van der Waals surface area contributed by atoms with Crippen LogP contribution in [-0.2, 0) is 6.42 Å². The van der Waals surface area contributed by atoms with E-state index < -0.39 is 11.9 Å². The molecule has 23 heavy (non-hydrogen) atoms. The normalized spacial score (nSPS) is 16.7. The second-order valence-electron chi connectivity index (χ2n) is 5.47. The van der Waals surface area contributed by atoms with E-state index in [0.717, 1.165) is 11.3 Å². The number of hydrogen-bond acceptors (Lipinski definition) is 3. The number of amides is 1. The lowest BCUT2D eigenvalue weighted by molar-refractivity contribution is 0.0906. The number of rotatable bonds is 2. The van der Waals surface area contributed by atoms with Crippen LogP contribution < -0.4 is 10.1 Å². The molecule has 4 rings (SSSR count). The molecule has 0 bridgehead atoms. The molecule has 0 saturated carbocycles. The van der Waals surface area contributed by atoms with Crippen molar-refractivity contribution in [2.45, 2.75) is 12.5 Å². The fraction of sp³-hybridized carbons (Fsp3) is 0.176. The van der Waals surface area contributed by atoms with Crippen molar-refractivity contribution in [3.8, 4) is 5.75 Å². The number of halogens is 1. The number of aromatic nitrogens is 2. The molecule has 6 heteroatoms. The second kappa shape index (κ2) is 5.39. The van der Waals surface area contributed by atoms with E-state index in [0.29, 0.717) is 18.7 Å². The molecule has 1 aromatic carbocycles. The number of nitrogens with one attached hydrogen (secondary N) is 1. The molecule has 2 aromatic heterocycles. The topological polar surface area (TPSA) is 55.6 Å². The fourth-order valence-corrected chi connectivity index (χ4v) is 2.78. The zero-order valence-electron chi connectivity index (χ0n) is 12.2. The monoisotopic (exact) mass is 311 g/mol. The van der Waals surface area contributed by atoms with Crippen molar-refractivity contribution in [1.82, 2.24) is 14.7 Å². The minimum Gasteiger partial charge on any atom is -0.491 e. The lowest BCUT2D eigenvalue weighted by atomic mass is 10.0. The SMILES string of the molecule is O=C(N[C@@H]1COc2ccccc2C1)c1nc2ccccn2c1F. The van der Waals surface area contributed by atoms with Gasteiger partial charge in [-0.15, -0.1) is 0 Å². The number of benzene rings is 1. The van der Waals surface area contributed by atoms with Gasteiger partial charge in [0.05, 0.1) is 6.04 Å². The number of pyridine rings is 1. The summed E-state index contributed by atoms with van der Waals surface area (Å²) in [4.78, 5) is 16.4. The highest BCUT2D eigenvalue weighted by Crippen LogP contribution is 2.24. The smallest absolute Gasteiger partial charge is 0.275 e. The first-order chi connectivity index (χ1) is 11.2. The molecular weight excluding hydrogens is 297 g/mol. The van der Waals surface area contributed by atoms with Crippen LogP contribution in [0.5, 0.6) is 5.75 Å². The first kappa shape index (κ1) is 13.8. The zero-order valence-corrected chi connectivity index (χ0v) is 12.2. The molecule has 0 aliphatic carbocycles. The van der Waals surface area contributed by atoms with E-state index in [1.807, 2.05) is 24.3 Å². The Kier molecular flexibility index (Phi) is 3.22. The van der Waals surface area contributed by atoms with Gasteiger partial charge in [-0.25, -0.2) is 4.98 Å². The number of carbonyl (C=O) groups is 1. The number of fused-ring (bicyclic) bond motifs is 2. The van der Waals surface area contributed by atoms with Gasteiger partial charge in [0.25, 0.3) is 5.91 Å². The van der Waals surface area contributed by atoms with Crippen molar-refractivity contribution in [1.29, 1.82) is 0 Å². The van der Waals surface area contributed by atoms with Crippen molar-refractivity contribution in [3.63, 3.8) is 0 Å². The van der Waals surface area contributed by atoms with Gasteiger partial charge in [0.15, 0.2) is 5.69 Å². The molecule has 1 aliphatic heterocycles. The van der Waals surface area contributed by atoms with Gasteiger partial charge >= 0.3 is 0 Å². The molecule has 1 atom stereocenters. The number of nitrogens with zero attached hydrogens (tertiary/aromatic N) is 2. The Balaban J connectivity index is 1.55. The molecule has 3 aromatic rings. The van der Waals surface area contributed by atoms with Crippen molar-refractivity contribution >= 4 is 11.6 Å². The van der Waals surface area contributed by atoms with Gasteiger partial charge in [0.2, 0.25) is 5.95 Å². The Hall–Kier alpha value is -2.89. The molecule has 0 fully saturated rings. The zero-order chi connectivity index (χ0) is 15.8. The summed E-state index contributed by atoms with van der Waals surface area (Å²) < 4.78 is 21.2. The molecule has 1 aliphatic rings. The standard InChI is InChI=1S/C17H14FN3O2/c18-16-15(20-14-7-3-4-8-21(14)16)17(22)19-12-9-11-5-1-2-6-13(11)23-10-12/h1-8,12H,9-10H2,(H,19,22)/t12-/m0/s1. The minimum atomic E-state index is -0.657. The highest BCUT2D eigenvalue weighted by Gasteiger charge is 2.25. The average Bonchev–Trinajstić information content (AvgIpc) is 2.92. The van der Waals surface area contributed by atoms with Crippen molar-refractivity contribution in [3.05, 3.63) is 65.9 Å². The van der Waals surface area contributed by atoms with Crippen LogP contribution in [0.3, 0.4) is 0 Å². The molecule has 3 heterocycles. The minimum absolute atomic E-state index is 0.199. The summed E-state index contributed by atoms with van der Waals surface area (Å²) in [5, 5.41) is 2.80. The van der Waals surface area contributed by atoms with E-state index in [-0.39, 0.29) is 11.7 Å². The molecule has 5 nitrogen and oxygen atoms in total. The predicted molar refractivity (Wildman–Crippen MR) is 82.0 cm³/mol. The quantitative estimate of drug-likeness (QED) is 0.789. The lowest BCUT2D eigenvalue weighted by Crippen LogP contribution is -2.43. The molecule has 0 unspecified atom stereocenters. The van der Waals surface area contributed by atoms with E-state index in [4.69, 9.17) is 4.74 Å². The maximum Gasteiger partial charge on any atom is 0.275 e. The van der Waals surface area contributed by atoms with Gasteiger partial charge in [-0.2, -0.15) is 4.39 Å². The molecule has 0 spiro atoms.